The van der Waals surface area contributed by atoms with E-state index in [1.165, 1.54) is 0 Å². The third-order valence-corrected chi connectivity index (χ3v) is 9.02. The minimum absolute atomic E-state index is 0.117. The number of ether oxygens (including phenoxy) is 1. The van der Waals surface area contributed by atoms with E-state index >= 15 is 0 Å². The summed E-state index contributed by atoms with van der Waals surface area (Å²) in [6, 6.07) is 40.8. The topological polar surface area (TPSA) is 97.5 Å². The number of fused-ring (bicyclic) bond motifs is 4. The lowest BCUT2D eigenvalue weighted by Gasteiger charge is -2.21. The third kappa shape index (κ3) is 6.12. The van der Waals surface area contributed by atoms with Crippen molar-refractivity contribution >= 4 is 57.6 Å². The van der Waals surface area contributed by atoms with Crippen LogP contribution in [-0.2, 0) is 26.8 Å². The van der Waals surface area contributed by atoms with Gasteiger partial charge in [-0.2, -0.15) is 0 Å². The molecule has 0 aliphatic heterocycles. The first-order valence-corrected chi connectivity index (χ1v) is 16.1. The molecule has 8 nitrogen and oxygen atoms in total. The number of aromatic amines is 1. The Hall–Kier alpha value is -5.14. The molecule has 5 aromatic carbocycles. The van der Waals surface area contributed by atoms with Crippen LogP contribution in [0.15, 0.2) is 127 Å². The zero-order chi connectivity index (χ0) is 30.6. The molecule has 0 aliphatic carbocycles. The number of nitrogens with one attached hydrogen (secondary N) is 3. The highest BCUT2D eigenvalue weighted by Gasteiger charge is 2.26. The average molecular weight is 615 g/mol. The number of pyridine rings is 1. The van der Waals surface area contributed by atoms with Crippen LogP contribution in [-0.4, -0.2) is 17.1 Å². The van der Waals surface area contributed by atoms with Crippen molar-refractivity contribution in [3.8, 4) is 5.75 Å². The zero-order valence-corrected chi connectivity index (χ0v) is 25.5. The number of para-hydroxylation sites is 2. The fourth-order valence-electron chi connectivity index (χ4n) is 5.32. The van der Waals surface area contributed by atoms with Gasteiger partial charge in [0.15, 0.2) is 0 Å². The second-order valence-corrected chi connectivity index (χ2v) is 12.3. The monoisotopic (exact) mass is 614 g/mol. The second kappa shape index (κ2) is 12.5. The standard InChI is InChI=1S/C36H31N4O4P/c1-42-33-22-27(40-45(41,43-23-25-12-4-2-5-13-25)44-24-26-14-6-3-7-15-26)20-21-32(33)39-35-28-16-8-10-18-30(28)37-34-29-17-9-11-19-31(29)38-36(34)35/h2-22,38H,23-24H2,1H3,(H,37,39)(H,40,41). The summed E-state index contributed by atoms with van der Waals surface area (Å²) in [7, 11) is -2.20. The van der Waals surface area contributed by atoms with E-state index in [0.717, 1.165) is 55.3 Å². The van der Waals surface area contributed by atoms with E-state index < -0.39 is 7.75 Å². The summed E-state index contributed by atoms with van der Waals surface area (Å²) in [6.45, 7) is 0.235. The van der Waals surface area contributed by atoms with Crippen molar-refractivity contribution in [2.24, 2.45) is 0 Å². The van der Waals surface area contributed by atoms with Crippen molar-refractivity contribution < 1.29 is 18.3 Å². The van der Waals surface area contributed by atoms with Crippen molar-refractivity contribution in [3.05, 3.63) is 139 Å². The summed E-state index contributed by atoms with van der Waals surface area (Å²) < 4.78 is 31.7. The Labute approximate surface area is 260 Å². The van der Waals surface area contributed by atoms with Crippen LogP contribution in [0.5, 0.6) is 5.75 Å². The number of nitrogens with zero attached hydrogens (tertiary/aromatic N) is 1. The average Bonchev–Trinajstić information content (AvgIpc) is 3.46. The van der Waals surface area contributed by atoms with Crippen LogP contribution in [0.3, 0.4) is 0 Å². The van der Waals surface area contributed by atoms with Gasteiger partial charge in [-0.1, -0.05) is 97.1 Å². The molecule has 224 valence electrons. The van der Waals surface area contributed by atoms with Crippen LogP contribution in [0.25, 0.3) is 32.8 Å². The molecule has 0 radical (unpaired) electrons. The van der Waals surface area contributed by atoms with Gasteiger partial charge in [-0.05, 0) is 35.4 Å². The maximum Gasteiger partial charge on any atom is 0.433 e. The molecule has 0 fully saturated rings. The van der Waals surface area contributed by atoms with Crippen molar-refractivity contribution in [1.82, 2.24) is 9.97 Å². The predicted molar refractivity (Wildman–Crippen MR) is 181 cm³/mol. The maximum absolute atomic E-state index is 14.1. The van der Waals surface area contributed by atoms with Crippen LogP contribution < -0.4 is 15.1 Å². The third-order valence-electron chi connectivity index (χ3n) is 7.55. The lowest BCUT2D eigenvalue weighted by atomic mass is 10.1. The maximum atomic E-state index is 14.1. The molecule has 0 spiro atoms. The number of hydrogen-bond donors (Lipinski definition) is 3. The van der Waals surface area contributed by atoms with Crippen molar-refractivity contribution in [3.63, 3.8) is 0 Å². The fraction of sp³-hybridized carbons (Fsp3) is 0.0833. The summed E-state index contributed by atoms with van der Waals surface area (Å²) in [5, 5.41) is 8.64. The van der Waals surface area contributed by atoms with E-state index in [-0.39, 0.29) is 13.2 Å². The summed E-state index contributed by atoms with van der Waals surface area (Å²) in [5.74, 6) is 0.544. The number of hydrogen-bond acceptors (Lipinski definition) is 6. The Bertz CT molecular complexity index is 2100. The Kier molecular flexibility index (Phi) is 7.92. The number of anilines is 3. The molecular formula is C36H31N4O4P. The summed E-state index contributed by atoms with van der Waals surface area (Å²) in [6.07, 6.45) is 0. The fourth-order valence-corrected chi connectivity index (χ4v) is 6.61. The molecule has 0 unspecified atom stereocenters. The highest BCUT2D eigenvalue weighted by molar-refractivity contribution is 7.55. The number of methoxy groups -OCH3 is 1. The first kappa shape index (κ1) is 28.6. The minimum atomic E-state index is -3.81. The molecule has 2 heterocycles. The van der Waals surface area contributed by atoms with Crippen molar-refractivity contribution in [1.29, 1.82) is 0 Å². The van der Waals surface area contributed by atoms with E-state index in [1.807, 2.05) is 115 Å². The van der Waals surface area contributed by atoms with Crippen LogP contribution >= 0.6 is 7.75 Å². The Morgan fingerprint density at radius 2 is 1.36 bits per heavy atom. The smallest absolute Gasteiger partial charge is 0.433 e. The number of H-pyrrole nitrogens is 1. The summed E-state index contributed by atoms with van der Waals surface area (Å²) in [4.78, 5) is 8.52. The van der Waals surface area contributed by atoms with E-state index in [0.29, 0.717) is 11.4 Å². The van der Waals surface area contributed by atoms with Gasteiger partial charge in [0, 0.05) is 28.0 Å². The van der Waals surface area contributed by atoms with E-state index in [2.05, 4.69) is 21.5 Å². The Balaban J connectivity index is 1.21. The minimum Gasteiger partial charge on any atom is -0.494 e. The van der Waals surface area contributed by atoms with E-state index in [1.54, 1.807) is 13.2 Å². The van der Waals surface area contributed by atoms with Gasteiger partial charge in [0.05, 0.1) is 48.2 Å². The molecule has 3 N–H and O–H groups in total. The van der Waals surface area contributed by atoms with Gasteiger partial charge in [-0.3, -0.25) is 14.1 Å². The van der Waals surface area contributed by atoms with Gasteiger partial charge in [-0.25, -0.2) is 9.55 Å². The molecule has 7 aromatic rings. The van der Waals surface area contributed by atoms with Gasteiger partial charge >= 0.3 is 7.75 Å². The molecule has 0 saturated carbocycles. The van der Waals surface area contributed by atoms with Gasteiger partial charge in [-0.15, -0.1) is 0 Å². The molecule has 0 aliphatic rings. The molecule has 0 atom stereocenters. The largest absolute Gasteiger partial charge is 0.494 e. The van der Waals surface area contributed by atoms with Crippen LogP contribution in [0.2, 0.25) is 0 Å². The van der Waals surface area contributed by atoms with Gasteiger partial charge in [0.2, 0.25) is 0 Å². The Morgan fingerprint density at radius 3 is 2.04 bits per heavy atom. The first-order chi connectivity index (χ1) is 22.1. The molecule has 0 bridgehead atoms. The van der Waals surface area contributed by atoms with Crippen LogP contribution in [0.1, 0.15) is 11.1 Å². The number of rotatable bonds is 11. The first-order valence-electron chi connectivity index (χ1n) is 14.6. The van der Waals surface area contributed by atoms with Crippen molar-refractivity contribution in [2.75, 3.05) is 17.5 Å². The SMILES string of the molecule is COc1cc(NP(=O)(OCc2ccccc2)OCc2ccccc2)ccc1Nc1c2ccccc2nc2c1[nH]c1ccccc12. The van der Waals surface area contributed by atoms with Gasteiger partial charge in [0.1, 0.15) is 5.75 Å². The normalized spacial score (nSPS) is 11.7. The second-order valence-electron chi connectivity index (χ2n) is 10.6. The van der Waals surface area contributed by atoms with E-state index in [4.69, 9.17) is 18.8 Å². The van der Waals surface area contributed by atoms with Gasteiger partial charge in [0.25, 0.3) is 0 Å². The lowest BCUT2D eigenvalue weighted by molar-refractivity contribution is 0.195. The van der Waals surface area contributed by atoms with E-state index in [9.17, 15) is 4.57 Å². The lowest BCUT2D eigenvalue weighted by Crippen LogP contribution is -2.06. The molecule has 0 amide bonds. The quantitative estimate of drug-likeness (QED) is 0.125. The molecular weight excluding hydrogens is 583 g/mol. The summed E-state index contributed by atoms with van der Waals surface area (Å²) >= 11 is 0. The molecule has 0 saturated heterocycles. The number of aromatic nitrogens is 2. The van der Waals surface area contributed by atoms with Crippen molar-refractivity contribution in [2.45, 2.75) is 13.2 Å². The Morgan fingerprint density at radius 1 is 0.733 bits per heavy atom. The van der Waals surface area contributed by atoms with Crippen LogP contribution in [0, 0.1) is 0 Å². The van der Waals surface area contributed by atoms with Gasteiger partial charge < -0.3 is 15.0 Å². The van der Waals surface area contributed by atoms with Crippen LogP contribution in [0.4, 0.5) is 17.1 Å². The zero-order valence-electron chi connectivity index (χ0n) is 24.6. The summed E-state index contributed by atoms with van der Waals surface area (Å²) in [5.41, 5.74) is 7.56. The molecule has 7 rings (SSSR count). The predicted octanol–water partition coefficient (Wildman–Crippen LogP) is 9.58. The highest BCUT2D eigenvalue weighted by atomic mass is 31.2. The number of benzene rings is 5. The highest BCUT2D eigenvalue weighted by Crippen LogP contribution is 2.50. The molecule has 45 heavy (non-hydrogen) atoms. The molecule has 9 heteroatoms. The molecule has 2 aromatic heterocycles.